The summed E-state index contributed by atoms with van der Waals surface area (Å²) >= 11 is 0. The van der Waals surface area contributed by atoms with E-state index in [0.29, 0.717) is 12.3 Å². The zero-order valence-electron chi connectivity index (χ0n) is 16.2. The van der Waals surface area contributed by atoms with Crippen molar-refractivity contribution in [2.75, 3.05) is 20.2 Å². The maximum Gasteiger partial charge on any atom is 0.255 e. The molecule has 6 nitrogen and oxygen atoms in total. The van der Waals surface area contributed by atoms with Crippen molar-refractivity contribution in [2.45, 2.75) is 26.8 Å². The van der Waals surface area contributed by atoms with Gasteiger partial charge in [0.25, 0.3) is 5.91 Å². The van der Waals surface area contributed by atoms with E-state index in [1.165, 1.54) is 16.7 Å². The van der Waals surface area contributed by atoms with Crippen LogP contribution in [-0.2, 0) is 17.8 Å². The lowest BCUT2D eigenvalue weighted by Crippen LogP contribution is -2.37. The molecule has 0 saturated heterocycles. The Morgan fingerprint density at radius 1 is 1.07 bits per heavy atom. The van der Waals surface area contributed by atoms with Crippen LogP contribution in [0.3, 0.4) is 0 Å². The third kappa shape index (κ3) is 7.40. The van der Waals surface area contributed by atoms with Crippen LogP contribution in [0.1, 0.15) is 22.3 Å². The highest BCUT2D eigenvalue weighted by molar-refractivity contribution is 5.79. The molecule has 0 atom stereocenters. The molecule has 1 amide bonds. The minimum atomic E-state index is -0.494. The Kier molecular flexibility index (Phi) is 7.67. The van der Waals surface area contributed by atoms with Gasteiger partial charge in [0.05, 0.1) is 0 Å². The maximum absolute atomic E-state index is 10.8. The van der Waals surface area contributed by atoms with Crippen LogP contribution in [0.2, 0.25) is 0 Å². The fraction of sp³-hybridized carbons (Fsp3) is 0.333. The first-order valence-corrected chi connectivity index (χ1v) is 8.98. The molecule has 0 radical (unpaired) electrons. The Balaban J connectivity index is 1.81. The number of hydrogen-bond acceptors (Lipinski definition) is 3. The van der Waals surface area contributed by atoms with E-state index < -0.39 is 5.91 Å². The van der Waals surface area contributed by atoms with Crippen molar-refractivity contribution in [1.29, 1.82) is 0 Å². The normalized spacial score (nSPS) is 11.1. The van der Waals surface area contributed by atoms with Crippen molar-refractivity contribution >= 4 is 11.9 Å². The molecule has 144 valence electrons. The molecule has 0 aromatic heterocycles. The van der Waals surface area contributed by atoms with E-state index in [2.05, 4.69) is 47.7 Å². The lowest BCUT2D eigenvalue weighted by molar-refractivity contribution is -0.119. The highest BCUT2D eigenvalue weighted by Crippen LogP contribution is 2.13. The largest absolute Gasteiger partial charge is 0.484 e. The van der Waals surface area contributed by atoms with Crippen LogP contribution in [0.4, 0.5) is 0 Å². The van der Waals surface area contributed by atoms with Crippen molar-refractivity contribution in [3.05, 3.63) is 64.7 Å². The number of guanidine groups is 1. The van der Waals surface area contributed by atoms with Gasteiger partial charge in [0.2, 0.25) is 0 Å². The second-order valence-corrected chi connectivity index (χ2v) is 6.50. The quantitative estimate of drug-likeness (QED) is 0.492. The molecule has 0 unspecified atom stereocenters. The fourth-order valence-electron chi connectivity index (χ4n) is 2.84. The van der Waals surface area contributed by atoms with Crippen LogP contribution in [0.5, 0.6) is 5.75 Å². The average molecular weight is 368 g/mol. The molecule has 0 aliphatic rings. The second kappa shape index (κ2) is 10.2. The molecule has 0 saturated carbocycles. The predicted octanol–water partition coefficient (Wildman–Crippen LogP) is 2.08. The Labute approximate surface area is 160 Å². The first-order chi connectivity index (χ1) is 13.0. The van der Waals surface area contributed by atoms with Crippen molar-refractivity contribution in [3.63, 3.8) is 0 Å². The number of primary amides is 1. The molecule has 4 N–H and O–H groups in total. The number of rotatable bonds is 8. The van der Waals surface area contributed by atoms with Crippen LogP contribution in [0, 0.1) is 13.8 Å². The molecule has 0 spiro atoms. The SMILES string of the molecule is CN=C(NCCc1cc(C)cc(C)c1)NCc1cccc(OCC(N)=O)c1. The second-order valence-electron chi connectivity index (χ2n) is 6.50. The first kappa shape index (κ1) is 20.3. The number of benzene rings is 2. The number of nitrogens with two attached hydrogens (primary N) is 1. The van der Waals surface area contributed by atoms with E-state index in [9.17, 15) is 4.79 Å². The fourth-order valence-corrected chi connectivity index (χ4v) is 2.84. The minimum absolute atomic E-state index is 0.126. The molecule has 2 aromatic carbocycles. The van der Waals surface area contributed by atoms with Gasteiger partial charge >= 0.3 is 0 Å². The van der Waals surface area contributed by atoms with Gasteiger partial charge in [0, 0.05) is 20.1 Å². The highest BCUT2D eigenvalue weighted by Gasteiger charge is 2.02. The number of nitrogens with one attached hydrogen (secondary N) is 2. The number of nitrogens with zero attached hydrogens (tertiary/aromatic N) is 1. The van der Waals surface area contributed by atoms with Gasteiger partial charge in [-0.3, -0.25) is 9.79 Å². The van der Waals surface area contributed by atoms with Crippen LogP contribution in [0.15, 0.2) is 47.5 Å². The molecule has 2 rings (SSSR count). The van der Waals surface area contributed by atoms with Crippen LogP contribution in [0.25, 0.3) is 0 Å². The van der Waals surface area contributed by atoms with E-state index in [1.54, 1.807) is 13.1 Å². The van der Waals surface area contributed by atoms with Crippen molar-refractivity contribution in [1.82, 2.24) is 10.6 Å². The predicted molar refractivity (Wildman–Crippen MR) is 109 cm³/mol. The lowest BCUT2D eigenvalue weighted by Gasteiger charge is -2.13. The Hall–Kier alpha value is -3.02. The Morgan fingerprint density at radius 2 is 1.81 bits per heavy atom. The smallest absolute Gasteiger partial charge is 0.255 e. The number of amides is 1. The molecular weight excluding hydrogens is 340 g/mol. The molecular formula is C21H28N4O2. The summed E-state index contributed by atoms with van der Waals surface area (Å²) in [5.74, 6) is 0.862. The number of ether oxygens (including phenoxy) is 1. The molecule has 0 heterocycles. The highest BCUT2D eigenvalue weighted by atomic mass is 16.5. The van der Waals surface area contributed by atoms with Gasteiger partial charge in [-0.05, 0) is 43.5 Å². The molecule has 6 heteroatoms. The van der Waals surface area contributed by atoms with E-state index in [1.807, 2.05) is 18.2 Å². The number of aryl methyl sites for hydroxylation is 2. The number of carbonyl (C=O) groups is 1. The van der Waals surface area contributed by atoms with Gasteiger partial charge in [-0.2, -0.15) is 0 Å². The summed E-state index contributed by atoms with van der Waals surface area (Å²) in [5.41, 5.74) is 10.0. The van der Waals surface area contributed by atoms with Gasteiger partial charge < -0.3 is 21.1 Å². The number of hydrogen-bond donors (Lipinski definition) is 3. The monoisotopic (exact) mass is 368 g/mol. The summed E-state index contributed by atoms with van der Waals surface area (Å²) in [6.45, 7) is 5.50. The van der Waals surface area contributed by atoms with Crippen LogP contribution >= 0.6 is 0 Å². The summed E-state index contributed by atoms with van der Waals surface area (Å²) < 4.78 is 5.33. The van der Waals surface area contributed by atoms with Gasteiger partial charge in [-0.1, -0.05) is 41.5 Å². The molecule has 27 heavy (non-hydrogen) atoms. The van der Waals surface area contributed by atoms with Gasteiger partial charge in [0.15, 0.2) is 12.6 Å². The molecule has 2 aromatic rings. The topological polar surface area (TPSA) is 88.7 Å². The zero-order chi connectivity index (χ0) is 19.6. The third-order valence-corrected chi connectivity index (χ3v) is 3.95. The number of aliphatic imine (C=N–C) groups is 1. The van der Waals surface area contributed by atoms with Crippen LogP contribution in [-0.4, -0.2) is 32.1 Å². The Morgan fingerprint density at radius 3 is 2.48 bits per heavy atom. The van der Waals surface area contributed by atoms with Crippen molar-refractivity contribution < 1.29 is 9.53 Å². The summed E-state index contributed by atoms with van der Waals surface area (Å²) in [7, 11) is 1.75. The average Bonchev–Trinajstić information content (AvgIpc) is 2.62. The van der Waals surface area contributed by atoms with Gasteiger partial charge in [0.1, 0.15) is 5.75 Å². The summed E-state index contributed by atoms with van der Waals surface area (Å²) in [6, 6.07) is 14.1. The van der Waals surface area contributed by atoms with E-state index >= 15 is 0 Å². The first-order valence-electron chi connectivity index (χ1n) is 8.98. The summed E-state index contributed by atoms with van der Waals surface area (Å²) in [5, 5.41) is 6.61. The Bertz CT molecular complexity index is 782. The van der Waals surface area contributed by atoms with E-state index in [4.69, 9.17) is 10.5 Å². The lowest BCUT2D eigenvalue weighted by atomic mass is 10.1. The zero-order valence-corrected chi connectivity index (χ0v) is 16.2. The van der Waals surface area contributed by atoms with Crippen molar-refractivity contribution in [3.8, 4) is 5.75 Å². The van der Waals surface area contributed by atoms with Gasteiger partial charge in [-0.25, -0.2) is 0 Å². The third-order valence-electron chi connectivity index (χ3n) is 3.95. The molecule has 0 fully saturated rings. The summed E-state index contributed by atoms with van der Waals surface area (Å²) in [4.78, 5) is 15.1. The van der Waals surface area contributed by atoms with Crippen LogP contribution < -0.4 is 21.1 Å². The summed E-state index contributed by atoms with van der Waals surface area (Å²) in [6.07, 6.45) is 0.930. The maximum atomic E-state index is 10.8. The van der Waals surface area contributed by atoms with E-state index in [-0.39, 0.29) is 6.61 Å². The number of carbonyl (C=O) groups excluding carboxylic acids is 1. The van der Waals surface area contributed by atoms with Gasteiger partial charge in [-0.15, -0.1) is 0 Å². The minimum Gasteiger partial charge on any atom is -0.484 e. The standard InChI is InChI=1S/C21H28N4O2/c1-15-9-16(2)11-17(10-15)7-8-24-21(23-3)25-13-18-5-4-6-19(12-18)27-14-20(22)26/h4-6,9-12H,7-8,13-14H2,1-3H3,(H2,22,26)(H2,23,24,25). The molecule has 0 aliphatic carbocycles. The van der Waals surface area contributed by atoms with E-state index in [0.717, 1.165) is 24.5 Å². The molecule has 0 bridgehead atoms. The van der Waals surface area contributed by atoms with Crippen molar-refractivity contribution in [2.24, 2.45) is 10.7 Å². The molecule has 0 aliphatic heterocycles.